The first kappa shape index (κ1) is 15.3. The lowest BCUT2D eigenvalue weighted by atomic mass is 9.84. The van der Waals surface area contributed by atoms with Crippen LogP contribution in [0, 0.1) is 5.92 Å². The van der Waals surface area contributed by atoms with Gasteiger partial charge in [0.25, 0.3) is 0 Å². The first-order valence-electron chi connectivity index (χ1n) is 8.47. The molecule has 2 saturated heterocycles. The number of benzene rings is 1. The number of piperidine rings is 2. The van der Waals surface area contributed by atoms with Gasteiger partial charge in [0.05, 0.1) is 6.61 Å². The molecule has 3 nitrogen and oxygen atoms in total. The number of esters is 1. The van der Waals surface area contributed by atoms with E-state index in [2.05, 4.69) is 4.90 Å². The van der Waals surface area contributed by atoms with Crippen molar-refractivity contribution < 1.29 is 9.53 Å². The van der Waals surface area contributed by atoms with Crippen molar-refractivity contribution in [2.24, 2.45) is 5.92 Å². The van der Waals surface area contributed by atoms with Crippen molar-refractivity contribution in [1.82, 2.24) is 4.90 Å². The van der Waals surface area contributed by atoms with Gasteiger partial charge in [-0.05, 0) is 50.4 Å². The first-order valence-corrected chi connectivity index (χ1v) is 8.47. The quantitative estimate of drug-likeness (QED) is 0.629. The SMILES string of the molecule is O=C(/C=C/c1ccccc1)OC[C@@H]1CCCN2CCCCC12. The number of carbonyl (C=O) groups is 1. The molecule has 3 rings (SSSR count). The maximum absolute atomic E-state index is 11.9. The van der Waals surface area contributed by atoms with Crippen molar-refractivity contribution in [3.63, 3.8) is 0 Å². The Bertz CT molecular complexity index is 509. The Morgan fingerprint density at radius 1 is 1.14 bits per heavy atom. The zero-order valence-electron chi connectivity index (χ0n) is 13.1. The number of fused-ring (bicyclic) bond motifs is 1. The molecule has 0 aromatic heterocycles. The van der Waals surface area contributed by atoms with Crippen LogP contribution in [0.2, 0.25) is 0 Å². The summed E-state index contributed by atoms with van der Waals surface area (Å²) >= 11 is 0. The van der Waals surface area contributed by atoms with Crippen LogP contribution in [0.3, 0.4) is 0 Å². The molecular weight excluding hydrogens is 274 g/mol. The summed E-state index contributed by atoms with van der Waals surface area (Å²) in [6.07, 6.45) is 9.69. The van der Waals surface area contributed by atoms with Crippen molar-refractivity contribution in [2.45, 2.75) is 38.1 Å². The van der Waals surface area contributed by atoms with Gasteiger partial charge in [0, 0.05) is 18.0 Å². The molecule has 3 heteroatoms. The molecule has 22 heavy (non-hydrogen) atoms. The maximum atomic E-state index is 11.9. The molecular formula is C19H25NO2. The van der Waals surface area contributed by atoms with Crippen molar-refractivity contribution >= 4 is 12.0 Å². The zero-order valence-corrected chi connectivity index (χ0v) is 13.1. The fraction of sp³-hybridized carbons (Fsp3) is 0.526. The lowest BCUT2D eigenvalue weighted by Gasteiger charge is -2.44. The van der Waals surface area contributed by atoms with E-state index in [0.29, 0.717) is 18.6 Å². The van der Waals surface area contributed by atoms with Gasteiger partial charge in [-0.1, -0.05) is 36.8 Å². The fourth-order valence-corrected chi connectivity index (χ4v) is 3.74. The van der Waals surface area contributed by atoms with Crippen LogP contribution in [-0.2, 0) is 9.53 Å². The normalized spacial score (nSPS) is 25.8. The minimum absolute atomic E-state index is 0.225. The summed E-state index contributed by atoms with van der Waals surface area (Å²) in [5, 5.41) is 0. The first-order chi connectivity index (χ1) is 10.8. The van der Waals surface area contributed by atoms with E-state index >= 15 is 0 Å². The smallest absolute Gasteiger partial charge is 0.330 e. The van der Waals surface area contributed by atoms with Crippen molar-refractivity contribution in [3.8, 4) is 0 Å². The van der Waals surface area contributed by atoms with Crippen LogP contribution in [0.15, 0.2) is 36.4 Å². The molecule has 0 bridgehead atoms. The molecule has 0 N–H and O–H groups in total. The second kappa shape index (κ2) is 7.59. The highest BCUT2D eigenvalue weighted by molar-refractivity contribution is 5.87. The third-order valence-electron chi connectivity index (χ3n) is 4.88. The Kier molecular flexibility index (Phi) is 5.28. The van der Waals surface area contributed by atoms with E-state index < -0.39 is 0 Å². The lowest BCUT2D eigenvalue weighted by Crippen LogP contribution is -2.49. The number of rotatable bonds is 4. The van der Waals surface area contributed by atoms with E-state index in [4.69, 9.17) is 4.74 Å². The van der Waals surface area contributed by atoms with Gasteiger partial charge in [-0.2, -0.15) is 0 Å². The third-order valence-corrected chi connectivity index (χ3v) is 4.88. The van der Waals surface area contributed by atoms with Crippen LogP contribution in [0.4, 0.5) is 0 Å². The Morgan fingerprint density at radius 2 is 1.95 bits per heavy atom. The predicted molar refractivity (Wildman–Crippen MR) is 88.4 cm³/mol. The van der Waals surface area contributed by atoms with Gasteiger partial charge < -0.3 is 4.74 Å². The predicted octanol–water partition coefficient (Wildman–Crippen LogP) is 3.51. The van der Waals surface area contributed by atoms with Gasteiger partial charge in [0.2, 0.25) is 0 Å². The minimum atomic E-state index is -0.225. The molecule has 2 aliphatic rings. The largest absolute Gasteiger partial charge is 0.462 e. The Morgan fingerprint density at radius 3 is 2.82 bits per heavy atom. The molecule has 2 fully saturated rings. The summed E-state index contributed by atoms with van der Waals surface area (Å²) in [6, 6.07) is 10.5. The van der Waals surface area contributed by atoms with Crippen LogP contribution < -0.4 is 0 Å². The van der Waals surface area contributed by atoms with Gasteiger partial charge in [-0.3, -0.25) is 4.90 Å². The number of hydrogen-bond donors (Lipinski definition) is 0. The van der Waals surface area contributed by atoms with Gasteiger partial charge in [-0.15, -0.1) is 0 Å². The second-order valence-electron chi connectivity index (χ2n) is 6.38. The van der Waals surface area contributed by atoms with Crippen LogP contribution in [0.1, 0.15) is 37.7 Å². The standard InChI is InChI=1S/C19H25NO2/c21-19(12-11-16-7-2-1-3-8-16)22-15-17-9-6-14-20-13-5-4-10-18(17)20/h1-3,7-8,11-12,17-18H,4-6,9-10,13-15H2/b12-11+/t17-,18?/m0/s1. The highest BCUT2D eigenvalue weighted by atomic mass is 16.5. The van der Waals surface area contributed by atoms with E-state index in [1.165, 1.54) is 51.3 Å². The molecule has 0 saturated carbocycles. The molecule has 1 aromatic carbocycles. The number of carbonyl (C=O) groups excluding carboxylic acids is 1. The van der Waals surface area contributed by atoms with E-state index in [-0.39, 0.29) is 5.97 Å². The summed E-state index contributed by atoms with van der Waals surface area (Å²) in [5.41, 5.74) is 1.02. The summed E-state index contributed by atoms with van der Waals surface area (Å²) in [7, 11) is 0. The summed E-state index contributed by atoms with van der Waals surface area (Å²) in [4.78, 5) is 14.5. The van der Waals surface area contributed by atoms with Gasteiger partial charge in [0.1, 0.15) is 0 Å². The molecule has 2 heterocycles. The van der Waals surface area contributed by atoms with Crippen molar-refractivity contribution in [3.05, 3.63) is 42.0 Å². The van der Waals surface area contributed by atoms with Crippen LogP contribution >= 0.6 is 0 Å². The summed E-state index contributed by atoms with van der Waals surface area (Å²) < 4.78 is 5.50. The highest BCUT2D eigenvalue weighted by Crippen LogP contribution is 2.30. The van der Waals surface area contributed by atoms with Crippen molar-refractivity contribution in [2.75, 3.05) is 19.7 Å². The third kappa shape index (κ3) is 3.98. The van der Waals surface area contributed by atoms with Crippen LogP contribution in [0.5, 0.6) is 0 Å². The molecule has 2 atom stereocenters. The second-order valence-corrected chi connectivity index (χ2v) is 6.38. The Labute approximate surface area is 133 Å². The molecule has 1 unspecified atom stereocenters. The van der Waals surface area contributed by atoms with Gasteiger partial charge in [-0.25, -0.2) is 4.79 Å². The Hall–Kier alpha value is -1.61. The molecule has 0 aliphatic carbocycles. The molecule has 118 valence electrons. The van der Waals surface area contributed by atoms with Gasteiger partial charge >= 0.3 is 5.97 Å². The van der Waals surface area contributed by atoms with Crippen molar-refractivity contribution in [1.29, 1.82) is 0 Å². The van der Waals surface area contributed by atoms with Gasteiger partial charge in [0.15, 0.2) is 0 Å². The summed E-state index contributed by atoms with van der Waals surface area (Å²) in [5.74, 6) is 0.292. The van der Waals surface area contributed by atoms with Crippen LogP contribution in [-0.4, -0.2) is 36.6 Å². The highest BCUT2D eigenvalue weighted by Gasteiger charge is 2.33. The summed E-state index contributed by atoms with van der Waals surface area (Å²) in [6.45, 7) is 3.02. The monoisotopic (exact) mass is 299 g/mol. The lowest BCUT2D eigenvalue weighted by molar-refractivity contribution is -0.140. The minimum Gasteiger partial charge on any atom is -0.462 e. The molecule has 2 aliphatic heterocycles. The van der Waals surface area contributed by atoms with E-state index in [9.17, 15) is 4.79 Å². The van der Waals surface area contributed by atoms with Crippen LogP contribution in [0.25, 0.3) is 6.08 Å². The topological polar surface area (TPSA) is 29.5 Å². The fourth-order valence-electron chi connectivity index (χ4n) is 3.74. The molecule has 0 radical (unpaired) electrons. The average molecular weight is 299 g/mol. The maximum Gasteiger partial charge on any atom is 0.330 e. The Balaban J connectivity index is 1.49. The van der Waals surface area contributed by atoms with E-state index in [1.807, 2.05) is 36.4 Å². The molecule has 0 amide bonds. The number of hydrogen-bond acceptors (Lipinski definition) is 3. The molecule has 1 aromatic rings. The van der Waals surface area contributed by atoms with E-state index in [1.54, 1.807) is 0 Å². The van der Waals surface area contributed by atoms with E-state index in [0.717, 1.165) is 5.56 Å². The molecule has 0 spiro atoms. The average Bonchev–Trinajstić information content (AvgIpc) is 2.59. The number of nitrogens with zero attached hydrogens (tertiary/aromatic N) is 1. The number of ether oxygens (including phenoxy) is 1. The zero-order chi connectivity index (χ0) is 15.2.